The van der Waals surface area contributed by atoms with Gasteiger partial charge < -0.3 is 9.84 Å². The number of carboxylic acids is 1. The number of nitrogens with one attached hydrogen (secondary N) is 1. The molecule has 2 N–H and O–H groups in total. The molecule has 1 atom stereocenters. The largest absolute Gasteiger partial charge is 0.489 e. The van der Waals surface area contributed by atoms with Crippen LogP contribution in [0.15, 0.2) is 83.8 Å². The number of nitrogens with zero attached hydrogens (tertiary/aromatic N) is 3. The van der Waals surface area contributed by atoms with Gasteiger partial charge in [0.15, 0.2) is 0 Å². The maximum absolute atomic E-state index is 13.2. The molecule has 2 heterocycles. The fourth-order valence-corrected chi connectivity index (χ4v) is 6.15. The Bertz CT molecular complexity index is 1640. The number of hydrogen-bond donors (Lipinski definition) is 2. The third-order valence-electron chi connectivity index (χ3n) is 7.38. The van der Waals surface area contributed by atoms with Crippen LogP contribution in [-0.4, -0.2) is 73.0 Å². The number of piperazine rings is 1. The first-order valence-corrected chi connectivity index (χ1v) is 15.2. The lowest BCUT2D eigenvalue weighted by Gasteiger charge is -2.37. The summed E-state index contributed by atoms with van der Waals surface area (Å²) < 4.78 is 47.6. The molecule has 9 nitrogen and oxygen atoms in total. The van der Waals surface area contributed by atoms with Gasteiger partial charge in [-0.15, -0.1) is 0 Å². The number of rotatable bonds is 11. The Balaban J connectivity index is 1.15. The van der Waals surface area contributed by atoms with Crippen LogP contribution >= 0.6 is 0 Å². The van der Waals surface area contributed by atoms with E-state index in [2.05, 4.69) is 14.6 Å². The van der Waals surface area contributed by atoms with E-state index in [1.807, 2.05) is 37.3 Å². The summed E-state index contributed by atoms with van der Waals surface area (Å²) in [7, 11) is -3.95. The van der Waals surface area contributed by atoms with Crippen molar-refractivity contribution in [2.75, 3.05) is 32.7 Å². The van der Waals surface area contributed by atoms with Crippen LogP contribution in [0.3, 0.4) is 0 Å². The summed E-state index contributed by atoms with van der Waals surface area (Å²) in [5.41, 5.74) is 3.72. The molecule has 0 spiro atoms. The quantitative estimate of drug-likeness (QED) is 0.271. The molecule has 0 radical (unpaired) electrons. The third kappa shape index (κ3) is 7.29. The van der Waals surface area contributed by atoms with E-state index in [0.717, 1.165) is 27.7 Å². The van der Waals surface area contributed by atoms with Crippen molar-refractivity contribution >= 4 is 26.9 Å². The molecular formula is C31H33FN4O5S. The van der Waals surface area contributed by atoms with Gasteiger partial charge in [0, 0.05) is 55.9 Å². The molecular weight excluding hydrogens is 559 g/mol. The molecule has 0 aliphatic carbocycles. The number of fused-ring (bicyclic) bond motifs is 1. The second kappa shape index (κ2) is 13.0. The zero-order valence-electron chi connectivity index (χ0n) is 23.2. The van der Waals surface area contributed by atoms with Crippen LogP contribution < -0.4 is 9.46 Å². The molecule has 1 aliphatic heterocycles. The van der Waals surface area contributed by atoms with Crippen LogP contribution in [0.1, 0.15) is 16.8 Å². The zero-order chi connectivity index (χ0) is 29.7. The van der Waals surface area contributed by atoms with Crippen LogP contribution in [0.4, 0.5) is 4.39 Å². The summed E-state index contributed by atoms with van der Waals surface area (Å²) in [4.78, 5) is 20.5. The summed E-state index contributed by atoms with van der Waals surface area (Å²) >= 11 is 0. The smallest absolute Gasteiger partial charge is 0.322 e. The molecule has 0 bridgehead atoms. The maximum Gasteiger partial charge on any atom is 0.322 e. The van der Waals surface area contributed by atoms with Gasteiger partial charge in [-0.05, 0) is 61.0 Å². The molecule has 0 unspecified atom stereocenters. The normalized spacial score (nSPS) is 15.5. The zero-order valence-corrected chi connectivity index (χ0v) is 24.1. The molecule has 1 saturated heterocycles. The van der Waals surface area contributed by atoms with Crippen LogP contribution in [0, 0.1) is 12.7 Å². The lowest BCUT2D eigenvalue weighted by Crippen LogP contribution is -2.55. The first kappa shape index (κ1) is 29.6. The number of sulfonamides is 1. The number of benzene rings is 3. The minimum absolute atomic E-state index is 0.0216. The molecule has 3 aromatic carbocycles. The minimum Gasteiger partial charge on any atom is -0.489 e. The predicted molar refractivity (Wildman–Crippen MR) is 157 cm³/mol. The van der Waals surface area contributed by atoms with Crippen LogP contribution in [0.5, 0.6) is 5.75 Å². The van der Waals surface area contributed by atoms with Crippen molar-refractivity contribution in [1.29, 1.82) is 0 Å². The Morgan fingerprint density at radius 2 is 1.71 bits per heavy atom. The molecule has 11 heteroatoms. The molecule has 1 aliphatic rings. The first-order chi connectivity index (χ1) is 20.2. The lowest BCUT2D eigenvalue weighted by atomic mass is 10.1. The van der Waals surface area contributed by atoms with E-state index < -0.39 is 22.0 Å². The van der Waals surface area contributed by atoms with Gasteiger partial charge in [0.1, 0.15) is 24.2 Å². The van der Waals surface area contributed by atoms with Crippen LogP contribution in [0.25, 0.3) is 10.9 Å². The van der Waals surface area contributed by atoms with Crippen molar-refractivity contribution < 1.29 is 27.4 Å². The number of aromatic nitrogens is 1. The molecule has 0 saturated carbocycles. The van der Waals surface area contributed by atoms with Crippen molar-refractivity contribution in [3.05, 3.63) is 102 Å². The van der Waals surface area contributed by atoms with Crippen molar-refractivity contribution in [2.24, 2.45) is 0 Å². The topological polar surface area (TPSA) is 112 Å². The van der Waals surface area contributed by atoms with E-state index in [0.29, 0.717) is 45.1 Å². The Labute approximate surface area is 244 Å². The fraction of sp³-hybridized carbons (Fsp3) is 0.290. The number of pyridine rings is 1. The maximum atomic E-state index is 13.2. The number of aliphatic carboxylic acids is 1. The number of halogens is 1. The van der Waals surface area contributed by atoms with Crippen molar-refractivity contribution in [1.82, 2.24) is 19.5 Å². The van der Waals surface area contributed by atoms with Crippen molar-refractivity contribution in [3.63, 3.8) is 0 Å². The van der Waals surface area contributed by atoms with Gasteiger partial charge in [0.05, 0.1) is 10.4 Å². The average molecular weight is 593 g/mol. The highest BCUT2D eigenvalue weighted by molar-refractivity contribution is 7.89. The highest BCUT2D eigenvalue weighted by Gasteiger charge is 2.30. The van der Waals surface area contributed by atoms with Crippen molar-refractivity contribution in [3.8, 4) is 5.75 Å². The van der Waals surface area contributed by atoms with Crippen LogP contribution in [0.2, 0.25) is 0 Å². The summed E-state index contributed by atoms with van der Waals surface area (Å²) in [5, 5.41) is 10.8. The van der Waals surface area contributed by atoms with Gasteiger partial charge >= 0.3 is 5.97 Å². The summed E-state index contributed by atoms with van der Waals surface area (Å²) in [6.45, 7) is 4.77. The van der Waals surface area contributed by atoms with E-state index in [1.165, 1.54) is 24.3 Å². The molecule has 0 amide bonds. The first-order valence-electron chi connectivity index (χ1n) is 13.7. The summed E-state index contributed by atoms with van der Waals surface area (Å²) in [6, 6.07) is 21.1. The summed E-state index contributed by atoms with van der Waals surface area (Å²) in [5.74, 6) is -0.869. The Hall–Kier alpha value is -3.90. The van der Waals surface area contributed by atoms with Crippen molar-refractivity contribution in [2.45, 2.75) is 31.0 Å². The van der Waals surface area contributed by atoms with E-state index in [4.69, 9.17) is 4.74 Å². The molecule has 5 rings (SSSR count). The standard InChI is InChI=1S/C31H33FN4O5S/c1-22-18-24(28-4-2-3-5-29(28)34-22)21-41-26-10-12-27(13-11-26)42(39,40)33-19-30(31(37)38)36-16-14-35(15-17-36)20-23-6-8-25(32)9-7-23/h2-13,18,30,33H,14-17,19-21H2,1H3,(H,37,38)/t30-/m0/s1. The minimum atomic E-state index is -3.95. The highest BCUT2D eigenvalue weighted by atomic mass is 32.2. The summed E-state index contributed by atoms with van der Waals surface area (Å²) in [6.07, 6.45) is 0. The molecule has 1 fully saturated rings. The van der Waals surface area contributed by atoms with Gasteiger partial charge in [-0.3, -0.25) is 19.6 Å². The Morgan fingerprint density at radius 1 is 1.02 bits per heavy atom. The second-order valence-electron chi connectivity index (χ2n) is 10.3. The van der Waals surface area contributed by atoms with Crippen LogP contribution in [-0.2, 0) is 28.0 Å². The van der Waals surface area contributed by atoms with E-state index >= 15 is 0 Å². The number of carbonyl (C=O) groups is 1. The molecule has 220 valence electrons. The molecule has 42 heavy (non-hydrogen) atoms. The van der Waals surface area contributed by atoms with E-state index in [1.54, 1.807) is 29.2 Å². The number of para-hydroxylation sites is 1. The Morgan fingerprint density at radius 3 is 2.40 bits per heavy atom. The van der Waals surface area contributed by atoms with Gasteiger partial charge in [-0.2, -0.15) is 0 Å². The van der Waals surface area contributed by atoms with E-state index in [9.17, 15) is 22.7 Å². The van der Waals surface area contributed by atoms with Gasteiger partial charge in [0.25, 0.3) is 0 Å². The predicted octanol–water partition coefficient (Wildman–Crippen LogP) is 3.81. The SMILES string of the molecule is Cc1cc(COc2ccc(S(=O)(=O)NC[C@@H](C(=O)O)N3CCN(Cc4ccc(F)cc4)CC3)cc2)c2ccccc2n1. The second-order valence-corrected chi connectivity index (χ2v) is 12.1. The highest BCUT2D eigenvalue weighted by Crippen LogP contribution is 2.22. The molecule has 4 aromatic rings. The number of ether oxygens (including phenoxy) is 1. The molecule has 1 aromatic heterocycles. The third-order valence-corrected chi connectivity index (χ3v) is 8.82. The van der Waals surface area contributed by atoms with Gasteiger partial charge in [0.2, 0.25) is 10.0 Å². The lowest BCUT2D eigenvalue weighted by molar-refractivity contribution is -0.143. The number of aryl methyl sites for hydroxylation is 1. The Kier molecular flexibility index (Phi) is 9.12. The monoisotopic (exact) mass is 592 g/mol. The number of hydrogen-bond acceptors (Lipinski definition) is 7. The van der Waals surface area contributed by atoms with Gasteiger partial charge in [-0.25, -0.2) is 17.5 Å². The van der Waals surface area contributed by atoms with E-state index in [-0.39, 0.29) is 17.3 Å². The average Bonchev–Trinajstić information content (AvgIpc) is 2.98. The number of carboxylic acid groups (broad SMARTS) is 1. The van der Waals surface area contributed by atoms with Gasteiger partial charge in [-0.1, -0.05) is 30.3 Å². The fourth-order valence-electron chi connectivity index (χ4n) is 5.12.